The molecule has 31 heavy (non-hydrogen) atoms. The molecule has 0 unspecified atom stereocenters. The van der Waals surface area contributed by atoms with Gasteiger partial charge in [0.2, 0.25) is 11.8 Å². The summed E-state index contributed by atoms with van der Waals surface area (Å²) < 4.78 is 31.7. The first-order valence-electron chi connectivity index (χ1n) is 10.9. The van der Waals surface area contributed by atoms with Gasteiger partial charge in [0.15, 0.2) is 0 Å². The van der Waals surface area contributed by atoms with E-state index in [0.717, 1.165) is 25.3 Å². The number of aliphatic carboxylic acids is 1. The quantitative estimate of drug-likeness (QED) is 0.692. The average molecular weight is 447 g/mol. The molecule has 2 N–H and O–H groups in total. The first-order chi connectivity index (χ1) is 14.4. The van der Waals surface area contributed by atoms with Crippen LogP contribution in [0.2, 0.25) is 0 Å². The maximum atomic E-state index is 12.8. The van der Waals surface area contributed by atoms with Gasteiger partial charge in [-0.25, -0.2) is 4.79 Å². The SMILES string of the molecule is CNC(=O)[C@@]12CCC3(CCN(CC4CC4)CC3)[C@@H]1CN(C(C)=O)C2.O=C(O)C(F)(F)F. The molecule has 4 fully saturated rings. The molecule has 2 atom stereocenters. The van der Waals surface area contributed by atoms with Crippen LogP contribution in [0.25, 0.3) is 0 Å². The number of nitrogens with one attached hydrogen (secondary N) is 1. The Balaban J connectivity index is 0.000000339. The van der Waals surface area contributed by atoms with Crippen LogP contribution in [0.5, 0.6) is 0 Å². The lowest BCUT2D eigenvalue weighted by atomic mass is 9.65. The summed E-state index contributed by atoms with van der Waals surface area (Å²) in [4.78, 5) is 38.2. The van der Waals surface area contributed by atoms with Gasteiger partial charge in [0.25, 0.3) is 0 Å². The Morgan fingerprint density at radius 3 is 2.13 bits per heavy atom. The largest absolute Gasteiger partial charge is 0.490 e. The Morgan fingerprint density at radius 1 is 1.10 bits per heavy atom. The number of piperidine rings is 1. The van der Waals surface area contributed by atoms with Gasteiger partial charge in [-0.3, -0.25) is 9.59 Å². The van der Waals surface area contributed by atoms with Gasteiger partial charge in [-0.15, -0.1) is 0 Å². The maximum Gasteiger partial charge on any atom is 0.490 e. The third-order valence-electron chi connectivity index (χ3n) is 7.78. The summed E-state index contributed by atoms with van der Waals surface area (Å²) >= 11 is 0. The number of nitrogens with zero attached hydrogens (tertiary/aromatic N) is 2. The third-order valence-corrected chi connectivity index (χ3v) is 7.78. The number of carbonyl (C=O) groups excluding carboxylic acids is 2. The van der Waals surface area contributed by atoms with Crippen molar-refractivity contribution in [3.8, 4) is 0 Å². The first kappa shape index (κ1) is 23.8. The van der Waals surface area contributed by atoms with Crippen LogP contribution < -0.4 is 5.32 Å². The number of rotatable bonds is 3. The van der Waals surface area contributed by atoms with E-state index in [0.29, 0.717) is 12.5 Å². The molecule has 7 nitrogen and oxygen atoms in total. The minimum atomic E-state index is -5.08. The predicted molar refractivity (Wildman–Crippen MR) is 106 cm³/mol. The number of hydrogen-bond donors (Lipinski definition) is 2. The molecule has 1 spiro atoms. The van der Waals surface area contributed by atoms with Crippen LogP contribution in [0, 0.1) is 22.7 Å². The van der Waals surface area contributed by atoms with E-state index in [1.165, 1.54) is 45.3 Å². The van der Waals surface area contributed by atoms with E-state index >= 15 is 0 Å². The van der Waals surface area contributed by atoms with E-state index in [1.807, 2.05) is 4.90 Å². The minimum absolute atomic E-state index is 0.119. The van der Waals surface area contributed by atoms with Crippen molar-refractivity contribution in [1.82, 2.24) is 15.1 Å². The van der Waals surface area contributed by atoms with Gasteiger partial charge >= 0.3 is 12.1 Å². The Kier molecular flexibility index (Phi) is 6.60. The zero-order valence-corrected chi connectivity index (χ0v) is 18.1. The molecule has 4 rings (SSSR count). The van der Waals surface area contributed by atoms with Gasteiger partial charge in [0, 0.05) is 33.6 Å². The van der Waals surface area contributed by atoms with Crippen LogP contribution in [0.1, 0.15) is 45.4 Å². The van der Waals surface area contributed by atoms with Gasteiger partial charge in [0.1, 0.15) is 0 Å². The van der Waals surface area contributed by atoms with Crippen LogP contribution in [-0.4, -0.2) is 78.6 Å². The molecule has 4 aliphatic rings. The highest BCUT2D eigenvalue weighted by molar-refractivity contribution is 5.86. The molecule has 2 amide bonds. The van der Waals surface area contributed by atoms with Crippen molar-refractivity contribution in [2.24, 2.45) is 22.7 Å². The highest BCUT2D eigenvalue weighted by Crippen LogP contribution is 2.62. The summed E-state index contributed by atoms with van der Waals surface area (Å²) in [5.41, 5.74) is -0.0597. The number of amides is 2. The number of halogens is 3. The van der Waals surface area contributed by atoms with Crippen molar-refractivity contribution in [3.63, 3.8) is 0 Å². The Morgan fingerprint density at radius 2 is 1.68 bits per heavy atom. The highest BCUT2D eigenvalue weighted by atomic mass is 19.4. The molecule has 176 valence electrons. The molecule has 0 aromatic heterocycles. The van der Waals surface area contributed by atoms with Gasteiger partial charge in [-0.05, 0) is 68.9 Å². The molecule has 0 radical (unpaired) electrons. The van der Waals surface area contributed by atoms with Crippen LogP contribution in [-0.2, 0) is 14.4 Å². The van der Waals surface area contributed by atoms with E-state index in [9.17, 15) is 22.8 Å². The fraction of sp³-hybridized carbons (Fsp3) is 0.857. The summed E-state index contributed by atoms with van der Waals surface area (Å²) in [6.07, 6.45) is 2.26. The summed E-state index contributed by atoms with van der Waals surface area (Å²) in [5.74, 6) is -1.18. The van der Waals surface area contributed by atoms with E-state index in [-0.39, 0.29) is 22.6 Å². The molecule has 0 aromatic carbocycles. The van der Waals surface area contributed by atoms with Crippen molar-refractivity contribution >= 4 is 17.8 Å². The second kappa shape index (κ2) is 8.60. The van der Waals surface area contributed by atoms with Gasteiger partial charge < -0.3 is 20.2 Å². The highest BCUT2D eigenvalue weighted by Gasteiger charge is 2.64. The molecular weight excluding hydrogens is 415 g/mol. The van der Waals surface area contributed by atoms with E-state index in [1.54, 1.807) is 14.0 Å². The van der Waals surface area contributed by atoms with Gasteiger partial charge in [-0.2, -0.15) is 13.2 Å². The number of carboxylic acid groups (broad SMARTS) is 1. The number of carbonyl (C=O) groups is 3. The molecule has 2 aliphatic carbocycles. The lowest BCUT2D eigenvalue weighted by Gasteiger charge is -2.44. The second-order valence-electron chi connectivity index (χ2n) is 9.60. The van der Waals surface area contributed by atoms with Crippen molar-refractivity contribution in [3.05, 3.63) is 0 Å². The monoisotopic (exact) mass is 447 g/mol. The molecule has 2 aliphatic heterocycles. The van der Waals surface area contributed by atoms with E-state index in [4.69, 9.17) is 9.90 Å². The third kappa shape index (κ3) is 4.83. The normalized spacial score (nSPS) is 29.8. The van der Waals surface area contributed by atoms with Crippen LogP contribution >= 0.6 is 0 Å². The Labute approximate surface area is 180 Å². The maximum absolute atomic E-state index is 12.8. The molecular formula is C21H32F3N3O4. The summed E-state index contributed by atoms with van der Waals surface area (Å²) in [7, 11) is 1.74. The topological polar surface area (TPSA) is 90.0 Å². The lowest BCUT2D eigenvalue weighted by molar-refractivity contribution is -0.192. The molecule has 10 heteroatoms. The number of likely N-dealkylation sites (tertiary alicyclic amines) is 2. The smallest absolute Gasteiger partial charge is 0.475 e. The van der Waals surface area contributed by atoms with E-state index in [2.05, 4.69) is 10.2 Å². The summed E-state index contributed by atoms with van der Waals surface area (Å²) in [6, 6.07) is 0. The molecule has 2 saturated carbocycles. The lowest BCUT2D eigenvalue weighted by Crippen LogP contribution is -2.48. The van der Waals surface area contributed by atoms with Gasteiger partial charge in [0.05, 0.1) is 5.41 Å². The Hall–Kier alpha value is -1.84. The summed E-state index contributed by atoms with van der Waals surface area (Å²) in [5, 5.41) is 10.0. The number of alkyl halides is 3. The predicted octanol–water partition coefficient (Wildman–Crippen LogP) is 2.12. The Bertz CT molecular complexity index is 717. The zero-order chi connectivity index (χ0) is 23.0. The number of hydrogen-bond acceptors (Lipinski definition) is 4. The van der Waals surface area contributed by atoms with Crippen molar-refractivity contribution in [2.45, 2.75) is 51.6 Å². The fourth-order valence-corrected chi connectivity index (χ4v) is 5.87. The molecule has 0 bridgehead atoms. The van der Waals surface area contributed by atoms with Crippen LogP contribution in [0.3, 0.4) is 0 Å². The second-order valence-corrected chi connectivity index (χ2v) is 9.60. The van der Waals surface area contributed by atoms with E-state index < -0.39 is 12.1 Å². The standard InChI is InChI=1S/C19H31N3O2.C2HF3O2/c1-14(23)22-12-16-18(5-6-19(16,13-22)17(24)20-2)7-9-21(10-8-18)11-15-3-4-15;3-2(4,5)1(6)7/h15-16H,3-13H2,1-2H3,(H,20,24);(H,6,7)/t16-,19+;/m0./s1. The molecule has 0 aromatic rings. The minimum Gasteiger partial charge on any atom is -0.475 e. The molecule has 2 saturated heterocycles. The fourth-order valence-electron chi connectivity index (χ4n) is 5.87. The first-order valence-corrected chi connectivity index (χ1v) is 10.9. The van der Waals surface area contributed by atoms with Gasteiger partial charge in [-0.1, -0.05) is 0 Å². The van der Waals surface area contributed by atoms with Crippen LogP contribution in [0.4, 0.5) is 13.2 Å². The van der Waals surface area contributed by atoms with Crippen LogP contribution in [0.15, 0.2) is 0 Å². The van der Waals surface area contributed by atoms with Crippen molar-refractivity contribution in [2.75, 3.05) is 39.8 Å². The van der Waals surface area contributed by atoms with Crippen molar-refractivity contribution < 1.29 is 32.7 Å². The average Bonchev–Trinajstić information content (AvgIpc) is 3.34. The molecule has 2 heterocycles. The number of carboxylic acids is 1. The van der Waals surface area contributed by atoms with Crippen molar-refractivity contribution in [1.29, 1.82) is 0 Å². The summed E-state index contributed by atoms with van der Waals surface area (Å²) in [6.45, 7) is 6.68. The number of fused-ring (bicyclic) bond motifs is 2. The zero-order valence-electron chi connectivity index (χ0n) is 18.1.